The van der Waals surface area contributed by atoms with E-state index in [1.165, 1.54) is 28.9 Å². The van der Waals surface area contributed by atoms with E-state index < -0.39 is 11.6 Å². The molecule has 0 saturated carbocycles. The second-order valence-corrected chi connectivity index (χ2v) is 9.00. The summed E-state index contributed by atoms with van der Waals surface area (Å²) in [6.07, 6.45) is 0. The summed E-state index contributed by atoms with van der Waals surface area (Å²) in [6, 6.07) is 13.8. The number of rotatable bonds is 9. The molecule has 5 rings (SSSR count). The van der Waals surface area contributed by atoms with Gasteiger partial charge in [-0.3, -0.25) is 9.69 Å². The van der Waals surface area contributed by atoms with Gasteiger partial charge in [0.15, 0.2) is 0 Å². The first-order chi connectivity index (χ1) is 18.5. The molecular formula is C27H28F2N6O3. The van der Waals surface area contributed by atoms with Crippen molar-refractivity contribution in [1.29, 1.82) is 0 Å². The molecule has 1 aliphatic rings. The third kappa shape index (κ3) is 6.12. The van der Waals surface area contributed by atoms with E-state index in [1.54, 1.807) is 0 Å². The van der Waals surface area contributed by atoms with Gasteiger partial charge in [0.1, 0.15) is 11.6 Å². The number of aromatic nitrogens is 4. The molecule has 11 heteroatoms. The molecule has 38 heavy (non-hydrogen) atoms. The minimum Gasteiger partial charge on any atom is -0.380 e. The third-order valence-electron chi connectivity index (χ3n) is 6.36. The standard InChI is InChI=1S/C27H28F2N6O3/c1-2-37-13-12-33-8-10-34(11-9-33)27-30-26(32-38-27)20-5-3-4-19(14-20)18-35-25(36)7-6-24(31-35)21-15-22(28)17-23(29)16-21/h3-7,14-17H,2,8-13,18H2,1H3. The molecule has 198 valence electrons. The largest absolute Gasteiger partial charge is 0.380 e. The maximum absolute atomic E-state index is 13.7. The summed E-state index contributed by atoms with van der Waals surface area (Å²) >= 11 is 0. The molecule has 0 bridgehead atoms. The molecule has 1 aliphatic heterocycles. The number of hydrogen-bond donors (Lipinski definition) is 0. The Morgan fingerprint density at radius 3 is 2.53 bits per heavy atom. The SMILES string of the molecule is CCOCCN1CCN(c2nc(-c3cccc(Cn4nc(-c5cc(F)cc(F)c5)ccc4=O)c3)no2)CC1. The normalized spacial score (nSPS) is 14.2. The van der Waals surface area contributed by atoms with Crippen LogP contribution in [-0.2, 0) is 11.3 Å². The van der Waals surface area contributed by atoms with Crippen molar-refractivity contribution in [2.45, 2.75) is 13.5 Å². The van der Waals surface area contributed by atoms with Crippen LogP contribution in [0.5, 0.6) is 0 Å². The van der Waals surface area contributed by atoms with Gasteiger partial charge < -0.3 is 14.2 Å². The summed E-state index contributed by atoms with van der Waals surface area (Å²) in [6.45, 7) is 7.87. The summed E-state index contributed by atoms with van der Waals surface area (Å²) in [7, 11) is 0. The van der Waals surface area contributed by atoms with Crippen molar-refractivity contribution in [2.75, 3.05) is 50.8 Å². The molecule has 0 radical (unpaired) electrons. The minimum atomic E-state index is -0.713. The van der Waals surface area contributed by atoms with Crippen molar-refractivity contribution in [2.24, 2.45) is 0 Å². The van der Waals surface area contributed by atoms with Gasteiger partial charge in [-0.1, -0.05) is 23.4 Å². The van der Waals surface area contributed by atoms with Crippen LogP contribution >= 0.6 is 0 Å². The van der Waals surface area contributed by atoms with E-state index in [9.17, 15) is 13.6 Å². The Hall–Kier alpha value is -3.96. The highest BCUT2D eigenvalue weighted by atomic mass is 19.1. The van der Waals surface area contributed by atoms with Gasteiger partial charge in [-0.2, -0.15) is 10.1 Å². The van der Waals surface area contributed by atoms with Gasteiger partial charge in [0.25, 0.3) is 5.56 Å². The lowest BCUT2D eigenvalue weighted by Gasteiger charge is -2.33. The van der Waals surface area contributed by atoms with Crippen LogP contribution in [0.1, 0.15) is 12.5 Å². The average molecular weight is 523 g/mol. The number of piperazine rings is 1. The number of halogens is 2. The molecule has 0 atom stereocenters. The Bertz CT molecular complexity index is 1430. The quantitative estimate of drug-likeness (QED) is 0.309. The zero-order valence-electron chi connectivity index (χ0n) is 21.0. The van der Waals surface area contributed by atoms with Crippen molar-refractivity contribution in [3.05, 3.63) is 82.1 Å². The van der Waals surface area contributed by atoms with Gasteiger partial charge in [0.2, 0.25) is 5.82 Å². The van der Waals surface area contributed by atoms with E-state index in [1.807, 2.05) is 31.2 Å². The van der Waals surface area contributed by atoms with E-state index in [0.29, 0.717) is 17.5 Å². The monoisotopic (exact) mass is 522 g/mol. The molecule has 0 N–H and O–H groups in total. The number of nitrogens with zero attached hydrogens (tertiary/aromatic N) is 6. The second-order valence-electron chi connectivity index (χ2n) is 9.00. The molecule has 1 fully saturated rings. The van der Waals surface area contributed by atoms with Gasteiger partial charge in [-0.05, 0) is 36.8 Å². The highest BCUT2D eigenvalue weighted by molar-refractivity contribution is 5.59. The molecule has 0 unspecified atom stereocenters. The molecule has 2 aromatic carbocycles. The van der Waals surface area contributed by atoms with Crippen LogP contribution in [0.15, 0.2) is 63.9 Å². The molecule has 9 nitrogen and oxygen atoms in total. The Labute approximate surface area is 218 Å². The van der Waals surface area contributed by atoms with E-state index >= 15 is 0 Å². The summed E-state index contributed by atoms with van der Waals surface area (Å²) < 4.78 is 39.6. The third-order valence-corrected chi connectivity index (χ3v) is 6.36. The van der Waals surface area contributed by atoms with Crippen molar-refractivity contribution >= 4 is 6.01 Å². The minimum absolute atomic E-state index is 0.159. The van der Waals surface area contributed by atoms with Crippen LogP contribution in [-0.4, -0.2) is 70.8 Å². The van der Waals surface area contributed by atoms with Gasteiger partial charge in [-0.25, -0.2) is 13.5 Å². The molecule has 1 saturated heterocycles. The smallest absolute Gasteiger partial charge is 0.324 e. The van der Waals surface area contributed by atoms with Crippen molar-refractivity contribution in [3.8, 4) is 22.6 Å². The molecule has 3 heterocycles. The molecule has 2 aromatic heterocycles. The molecule has 0 spiro atoms. The first kappa shape index (κ1) is 25.7. The van der Waals surface area contributed by atoms with Crippen LogP contribution < -0.4 is 10.5 Å². The Balaban J connectivity index is 1.28. The fraction of sp³-hybridized carbons (Fsp3) is 0.333. The van der Waals surface area contributed by atoms with Crippen LogP contribution in [0.4, 0.5) is 14.8 Å². The number of hydrogen-bond acceptors (Lipinski definition) is 8. The highest BCUT2D eigenvalue weighted by Gasteiger charge is 2.22. The number of anilines is 1. The van der Waals surface area contributed by atoms with Crippen molar-refractivity contribution in [3.63, 3.8) is 0 Å². The van der Waals surface area contributed by atoms with Gasteiger partial charge in [-0.15, -0.1) is 0 Å². The summed E-state index contributed by atoms with van der Waals surface area (Å²) in [5, 5.41) is 8.48. The van der Waals surface area contributed by atoms with Crippen LogP contribution in [0, 0.1) is 11.6 Å². The fourth-order valence-electron chi connectivity index (χ4n) is 4.36. The predicted molar refractivity (Wildman–Crippen MR) is 138 cm³/mol. The topological polar surface area (TPSA) is 89.5 Å². The van der Waals surface area contributed by atoms with Crippen LogP contribution in [0.25, 0.3) is 22.6 Å². The molecule has 4 aromatic rings. The predicted octanol–water partition coefficient (Wildman–Crippen LogP) is 3.45. The highest BCUT2D eigenvalue weighted by Crippen LogP contribution is 2.23. The molecule has 0 aliphatic carbocycles. The second kappa shape index (κ2) is 11.6. The first-order valence-corrected chi connectivity index (χ1v) is 12.5. The lowest BCUT2D eigenvalue weighted by atomic mass is 10.1. The fourth-order valence-corrected chi connectivity index (χ4v) is 4.36. The van der Waals surface area contributed by atoms with E-state index in [-0.39, 0.29) is 17.7 Å². The van der Waals surface area contributed by atoms with Crippen LogP contribution in [0.2, 0.25) is 0 Å². The van der Waals surface area contributed by atoms with Gasteiger partial charge in [0.05, 0.1) is 18.8 Å². The lowest BCUT2D eigenvalue weighted by Crippen LogP contribution is -2.47. The maximum atomic E-state index is 13.7. The van der Waals surface area contributed by atoms with Crippen LogP contribution in [0.3, 0.4) is 0 Å². The Morgan fingerprint density at radius 1 is 0.974 bits per heavy atom. The molecule has 0 amide bonds. The van der Waals surface area contributed by atoms with E-state index in [0.717, 1.165) is 63.1 Å². The number of benzene rings is 2. The summed E-state index contributed by atoms with van der Waals surface area (Å²) in [5.74, 6) is -0.977. The lowest BCUT2D eigenvalue weighted by molar-refractivity contribution is 0.110. The van der Waals surface area contributed by atoms with Gasteiger partial charge >= 0.3 is 6.01 Å². The zero-order valence-corrected chi connectivity index (χ0v) is 21.0. The van der Waals surface area contributed by atoms with E-state index in [2.05, 4.69) is 25.0 Å². The Morgan fingerprint density at radius 2 is 1.76 bits per heavy atom. The number of ether oxygens (including phenoxy) is 1. The average Bonchev–Trinajstić information content (AvgIpc) is 3.41. The van der Waals surface area contributed by atoms with E-state index in [4.69, 9.17) is 9.26 Å². The van der Waals surface area contributed by atoms with Gasteiger partial charge in [0, 0.05) is 62.6 Å². The summed E-state index contributed by atoms with van der Waals surface area (Å²) in [5.41, 5.74) is 1.73. The molecular weight excluding hydrogens is 494 g/mol. The van der Waals surface area contributed by atoms with Crippen molar-refractivity contribution in [1.82, 2.24) is 24.8 Å². The Kier molecular flexibility index (Phi) is 7.85. The maximum Gasteiger partial charge on any atom is 0.324 e. The first-order valence-electron chi connectivity index (χ1n) is 12.5. The zero-order chi connectivity index (χ0) is 26.5. The van der Waals surface area contributed by atoms with Crippen molar-refractivity contribution < 1.29 is 18.0 Å². The summed E-state index contributed by atoms with van der Waals surface area (Å²) in [4.78, 5) is 21.5.